The van der Waals surface area contributed by atoms with E-state index in [1.165, 1.54) is 5.56 Å². The number of likely N-dealkylation sites (tertiary alicyclic amines) is 1. The maximum Gasteiger partial charge on any atom is 0.255 e. The first-order valence-corrected chi connectivity index (χ1v) is 9.94. The van der Waals surface area contributed by atoms with Gasteiger partial charge in [0.05, 0.1) is 12.2 Å². The van der Waals surface area contributed by atoms with Crippen LogP contribution in [0.5, 0.6) is 0 Å². The number of aromatic nitrogens is 1. The third-order valence-corrected chi connectivity index (χ3v) is 5.83. The topological polar surface area (TPSA) is 65.5 Å². The van der Waals surface area contributed by atoms with Gasteiger partial charge in [0.1, 0.15) is 5.82 Å². The molecule has 0 atom stereocenters. The SMILES string of the molecule is O=C(c1cnc2c(c1)CCCN2)N1CCC(Cc2ccccc2CO)CC1. The van der Waals surface area contributed by atoms with Gasteiger partial charge in [0.25, 0.3) is 5.91 Å². The van der Waals surface area contributed by atoms with E-state index >= 15 is 0 Å². The summed E-state index contributed by atoms with van der Waals surface area (Å²) in [6.45, 7) is 2.63. The Morgan fingerprint density at radius 3 is 2.78 bits per heavy atom. The van der Waals surface area contributed by atoms with E-state index in [0.717, 1.165) is 68.7 Å². The fraction of sp³-hybridized carbons (Fsp3) is 0.455. The molecule has 0 aliphatic carbocycles. The Balaban J connectivity index is 1.37. The van der Waals surface area contributed by atoms with Crippen LogP contribution in [0.2, 0.25) is 0 Å². The number of hydrogen-bond acceptors (Lipinski definition) is 4. The van der Waals surface area contributed by atoms with Crippen molar-refractivity contribution in [1.29, 1.82) is 0 Å². The van der Waals surface area contributed by atoms with Crippen LogP contribution in [0.15, 0.2) is 36.5 Å². The summed E-state index contributed by atoms with van der Waals surface area (Å²) in [5.74, 6) is 1.59. The highest BCUT2D eigenvalue weighted by Gasteiger charge is 2.25. The summed E-state index contributed by atoms with van der Waals surface area (Å²) in [7, 11) is 0. The summed E-state index contributed by atoms with van der Waals surface area (Å²) in [5.41, 5.74) is 4.12. The lowest BCUT2D eigenvalue weighted by Crippen LogP contribution is -2.39. The number of piperidine rings is 1. The van der Waals surface area contributed by atoms with Gasteiger partial charge < -0.3 is 15.3 Å². The first-order chi connectivity index (χ1) is 13.2. The lowest BCUT2D eigenvalue weighted by molar-refractivity contribution is 0.0690. The average molecular weight is 365 g/mol. The number of amides is 1. The zero-order chi connectivity index (χ0) is 18.6. The zero-order valence-electron chi connectivity index (χ0n) is 15.7. The summed E-state index contributed by atoms with van der Waals surface area (Å²) in [6, 6.07) is 10.1. The second-order valence-corrected chi connectivity index (χ2v) is 7.63. The molecular formula is C22H27N3O2. The molecule has 142 valence electrons. The first-order valence-electron chi connectivity index (χ1n) is 9.94. The van der Waals surface area contributed by atoms with Crippen molar-refractivity contribution in [2.45, 2.75) is 38.7 Å². The van der Waals surface area contributed by atoms with Crippen molar-refractivity contribution in [2.75, 3.05) is 25.0 Å². The van der Waals surface area contributed by atoms with E-state index in [1.54, 1.807) is 6.20 Å². The second-order valence-electron chi connectivity index (χ2n) is 7.63. The molecule has 2 aliphatic heterocycles. The molecule has 2 aromatic rings. The van der Waals surface area contributed by atoms with E-state index in [1.807, 2.05) is 29.2 Å². The molecule has 1 aromatic heterocycles. The van der Waals surface area contributed by atoms with Gasteiger partial charge >= 0.3 is 0 Å². The molecule has 5 nitrogen and oxygen atoms in total. The molecule has 0 bridgehead atoms. The van der Waals surface area contributed by atoms with Crippen LogP contribution in [0.1, 0.15) is 46.3 Å². The maximum atomic E-state index is 12.9. The number of hydrogen-bond donors (Lipinski definition) is 2. The highest BCUT2D eigenvalue weighted by molar-refractivity contribution is 5.94. The first kappa shape index (κ1) is 18.0. The Labute approximate surface area is 160 Å². The minimum atomic E-state index is 0.0910. The number of carbonyl (C=O) groups is 1. The van der Waals surface area contributed by atoms with E-state index < -0.39 is 0 Å². The van der Waals surface area contributed by atoms with Gasteiger partial charge in [0.15, 0.2) is 0 Å². The number of nitrogens with one attached hydrogen (secondary N) is 1. The molecule has 2 N–H and O–H groups in total. The third-order valence-electron chi connectivity index (χ3n) is 5.83. The normalized spacial score (nSPS) is 17.3. The lowest BCUT2D eigenvalue weighted by atomic mass is 9.88. The van der Waals surface area contributed by atoms with Crippen LogP contribution >= 0.6 is 0 Å². The van der Waals surface area contributed by atoms with Crippen LogP contribution in [0, 0.1) is 5.92 Å². The molecule has 5 heteroatoms. The molecule has 0 unspecified atom stereocenters. The maximum absolute atomic E-state index is 12.9. The Kier molecular flexibility index (Phi) is 5.39. The summed E-state index contributed by atoms with van der Waals surface area (Å²) in [5, 5.41) is 12.8. The quantitative estimate of drug-likeness (QED) is 0.874. The number of aryl methyl sites for hydroxylation is 1. The third kappa shape index (κ3) is 3.98. The van der Waals surface area contributed by atoms with Crippen molar-refractivity contribution in [3.05, 3.63) is 58.8 Å². The summed E-state index contributed by atoms with van der Waals surface area (Å²) in [6.07, 6.45) is 6.78. The van der Waals surface area contributed by atoms with Crippen LogP contribution in [-0.4, -0.2) is 40.5 Å². The lowest BCUT2D eigenvalue weighted by Gasteiger charge is -2.32. The number of benzene rings is 1. The van der Waals surface area contributed by atoms with Gasteiger partial charge in [-0.25, -0.2) is 4.98 Å². The van der Waals surface area contributed by atoms with Gasteiger partial charge in [0, 0.05) is 25.8 Å². The molecule has 2 aliphatic rings. The minimum Gasteiger partial charge on any atom is -0.392 e. The Morgan fingerprint density at radius 2 is 2.00 bits per heavy atom. The van der Waals surface area contributed by atoms with Crippen LogP contribution in [0.4, 0.5) is 5.82 Å². The largest absolute Gasteiger partial charge is 0.392 e. The second kappa shape index (κ2) is 8.09. The van der Waals surface area contributed by atoms with E-state index in [-0.39, 0.29) is 12.5 Å². The van der Waals surface area contributed by atoms with Crippen molar-refractivity contribution in [2.24, 2.45) is 5.92 Å². The monoisotopic (exact) mass is 365 g/mol. The minimum absolute atomic E-state index is 0.0910. The number of fused-ring (bicyclic) bond motifs is 1. The number of carbonyl (C=O) groups excluding carboxylic acids is 1. The van der Waals surface area contributed by atoms with E-state index in [2.05, 4.69) is 16.4 Å². The van der Waals surface area contributed by atoms with E-state index in [0.29, 0.717) is 11.5 Å². The Bertz CT molecular complexity index is 813. The number of rotatable bonds is 4. The fourth-order valence-corrected chi connectivity index (χ4v) is 4.21. The number of nitrogens with zero attached hydrogens (tertiary/aromatic N) is 2. The standard InChI is InChI=1S/C22H27N3O2/c26-15-19-5-2-1-4-17(19)12-16-7-10-25(11-8-16)22(27)20-13-18-6-3-9-23-21(18)24-14-20/h1-2,4-5,13-14,16,26H,3,6-12,15H2,(H,23,24). The fourth-order valence-electron chi connectivity index (χ4n) is 4.21. The molecule has 1 fully saturated rings. The highest BCUT2D eigenvalue weighted by Crippen LogP contribution is 2.26. The molecule has 27 heavy (non-hydrogen) atoms. The number of aliphatic hydroxyl groups excluding tert-OH is 1. The van der Waals surface area contributed by atoms with Crippen molar-refractivity contribution in [1.82, 2.24) is 9.88 Å². The smallest absolute Gasteiger partial charge is 0.255 e. The van der Waals surface area contributed by atoms with Gasteiger partial charge in [-0.2, -0.15) is 0 Å². The van der Waals surface area contributed by atoms with Crippen molar-refractivity contribution in [3.63, 3.8) is 0 Å². The molecule has 1 aromatic carbocycles. The molecule has 1 amide bonds. The molecule has 3 heterocycles. The molecular weight excluding hydrogens is 338 g/mol. The van der Waals surface area contributed by atoms with E-state index in [4.69, 9.17) is 0 Å². The Hall–Kier alpha value is -2.40. The van der Waals surface area contributed by atoms with Crippen molar-refractivity contribution in [3.8, 4) is 0 Å². The predicted octanol–water partition coefficient (Wildman–Crippen LogP) is 3.03. The van der Waals surface area contributed by atoms with Crippen LogP contribution in [-0.2, 0) is 19.4 Å². The molecule has 4 rings (SSSR count). The van der Waals surface area contributed by atoms with Crippen LogP contribution < -0.4 is 5.32 Å². The molecule has 1 saturated heterocycles. The van der Waals surface area contributed by atoms with Gasteiger partial charge in [-0.15, -0.1) is 0 Å². The van der Waals surface area contributed by atoms with E-state index in [9.17, 15) is 9.90 Å². The van der Waals surface area contributed by atoms with Crippen LogP contribution in [0.25, 0.3) is 0 Å². The number of pyridine rings is 1. The molecule has 0 saturated carbocycles. The average Bonchev–Trinajstić information content (AvgIpc) is 2.74. The Morgan fingerprint density at radius 1 is 1.22 bits per heavy atom. The molecule has 0 radical (unpaired) electrons. The van der Waals surface area contributed by atoms with Crippen molar-refractivity contribution < 1.29 is 9.90 Å². The highest BCUT2D eigenvalue weighted by atomic mass is 16.3. The van der Waals surface area contributed by atoms with Gasteiger partial charge in [-0.3, -0.25) is 4.79 Å². The molecule has 0 spiro atoms. The van der Waals surface area contributed by atoms with Gasteiger partial charge in [0.2, 0.25) is 0 Å². The van der Waals surface area contributed by atoms with Gasteiger partial charge in [-0.05, 0) is 60.8 Å². The number of aliphatic hydroxyl groups is 1. The predicted molar refractivity (Wildman–Crippen MR) is 106 cm³/mol. The summed E-state index contributed by atoms with van der Waals surface area (Å²) in [4.78, 5) is 19.3. The summed E-state index contributed by atoms with van der Waals surface area (Å²) < 4.78 is 0. The van der Waals surface area contributed by atoms with Gasteiger partial charge in [-0.1, -0.05) is 24.3 Å². The zero-order valence-corrected chi connectivity index (χ0v) is 15.7. The van der Waals surface area contributed by atoms with Crippen LogP contribution in [0.3, 0.4) is 0 Å². The number of anilines is 1. The van der Waals surface area contributed by atoms with Crippen molar-refractivity contribution >= 4 is 11.7 Å². The summed E-state index contributed by atoms with van der Waals surface area (Å²) >= 11 is 0.